The first-order valence-corrected chi connectivity index (χ1v) is 7.89. The number of amides is 1. The molecule has 0 bridgehead atoms. The number of ether oxygens (including phenoxy) is 1. The number of aryl methyl sites for hydroxylation is 1. The molecule has 0 saturated carbocycles. The van der Waals surface area contributed by atoms with Gasteiger partial charge in [-0.15, -0.1) is 0 Å². The van der Waals surface area contributed by atoms with Crippen LogP contribution in [-0.2, 0) is 16.0 Å². The quantitative estimate of drug-likeness (QED) is 0.738. The summed E-state index contributed by atoms with van der Waals surface area (Å²) < 4.78 is 5.40. The third-order valence-electron chi connectivity index (χ3n) is 3.89. The molecular weight excluding hydrogens is 278 g/mol. The molecule has 0 radical (unpaired) electrons. The van der Waals surface area contributed by atoms with Crippen molar-refractivity contribution in [2.45, 2.75) is 52.5 Å². The molecule has 0 unspecified atom stereocenters. The predicted octanol–water partition coefficient (Wildman–Crippen LogP) is 3.54. The number of hydrogen-bond donors (Lipinski definition) is 0. The summed E-state index contributed by atoms with van der Waals surface area (Å²) in [7, 11) is 3.34. The van der Waals surface area contributed by atoms with Crippen LogP contribution in [0.15, 0.2) is 18.2 Å². The van der Waals surface area contributed by atoms with Crippen LogP contribution < -0.4 is 4.74 Å². The van der Waals surface area contributed by atoms with Crippen molar-refractivity contribution in [1.82, 2.24) is 4.90 Å². The lowest BCUT2D eigenvalue weighted by Gasteiger charge is -2.27. The zero-order chi connectivity index (χ0) is 16.7. The Morgan fingerprint density at radius 1 is 1.27 bits per heavy atom. The Morgan fingerprint density at radius 2 is 1.95 bits per heavy atom. The van der Waals surface area contributed by atoms with Crippen LogP contribution in [0.4, 0.5) is 0 Å². The SMILES string of the molecule is CCCCc1cc([C@@H](C(C)=O)N(C)C(=O)CC)ccc1OC. The highest BCUT2D eigenvalue weighted by atomic mass is 16.5. The third kappa shape index (κ3) is 4.33. The minimum absolute atomic E-state index is 0.0316. The molecule has 0 fully saturated rings. The number of rotatable bonds is 8. The van der Waals surface area contributed by atoms with Crippen molar-refractivity contribution in [2.75, 3.05) is 14.2 Å². The number of carbonyl (C=O) groups excluding carboxylic acids is 2. The fourth-order valence-electron chi connectivity index (χ4n) is 2.66. The molecule has 22 heavy (non-hydrogen) atoms. The molecule has 0 aliphatic carbocycles. The van der Waals surface area contributed by atoms with Crippen LogP contribution in [-0.4, -0.2) is 30.7 Å². The Bertz CT molecular complexity index is 525. The summed E-state index contributed by atoms with van der Waals surface area (Å²) in [5.74, 6) is 0.769. The summed E-state index contributed by atoms with van der Waals surface area (Å²) in [5.41, 5.74) is 1.94. The van der Waals surface area contributed by atoms with Crippen molar-refractivity contribution in [3.8, 4) is 5.75 Å². The zero-order valence-corrected chi connectivity index (χ0v) is 14.3. The van der Waals surface area contributed by atoms with Crippen LogP contribution >= 0.6 is 0 Å². The summed E-state index contributed by atoms with van der Waals surface area (Å²) in [6.07, 6.45) is 3.45. The van der Waals surface area contributed by atoms with E-state index in [-0.39, 0.29) is 11.7 Å². The second-order valence-corrected chi connectivity index (χ2v) is 5.55. The van der Waals surface area contributed by atoms with Crippen molar-refractivity contribution >= 4 is 11.7 Å². The predicted molar refractivity (Wildman–Crippen MR) is 88.1 cm³/mol. The first kappa shape index (κ1) is 18.2. The molecule has 1 aromatic rings. The molecule has 4 heteroatoms. The van der Waals surface area contributed by atoms with Gasteiger partial charge < -0.3 is 9.64 Å². The van der Waals surface area contributed by atoms with E-state index in [0.29, 0.717) is 6.42 Å². The number of hydrogen-bond acceptors (Lipinski definition) is 3. The average molecular weight is 305 g/mol. The molecule has 0 saturated heterocycles. The first-order chi connectivity index (χ1) is 10.5. The van der Waals surface area contributed by atoms with E-state index in [4.69, 9.17) is 4.74 Å². The molecular formula is C18H27NO3. The average Bonchev–Trinajstić information content (AvgIpc) is 2.51. The molecule has 0 aliphatic heterocycles. The Hall–Kier alpha value is -1.84. The Balaban J connectivity index is 3.20. The van der Waals surface area contributed by atoms with E-state index in [9.17, 15) is 9.59 Å². The van der Waals surface area contributed by atoms with Gasteiger partial charge in [-0.1, -0.05) is 26.3 Å². The van der Waals surface area contributed by atoms with Crippen LogP contribution in [0.25, 0.3) is 0 Å². The minimum Gasteiger partial charge on any atom is -0.496 e. The van der Waals surface area contributed by atoms with Crippen molar-refractivity contribution in [2.24, 2.45) is 0 Å². The topological polar surface area (TPSA) is 46.6 Å². The number of methoxy groups -OCH3 is 1. The molecule has 1 rings (SSSR count). The second kappa shape index (κ2) is 8.57. The van der Waals surface area contributed by atoms with Crippen molar-refractivity contribution < 1.29 is 14.3 Å². The number of benzene rings is 1. The third-order valence-corrected chi connectivity index (χ3v) is 3.89. The van der Waals surface area contributed by atoms with Gasteiger partial charge in [0.05, 0.1) is 7.11 Å². The van der Waals surface area contributed by atoms with Crippen LogP contribution in [0, 0.1) is 0 Å². The van der Waals surface area contributed by atoms with E-state index in [1.165, 1.54) is 11.8 Å². The van der Waals surface area contributed by atoms with Gasteiger partial charge in [-0.05, 0) is 43.0 Å². The van der Waals surface area contributed by atoms with Crippen LogP contribution in [0.3, 0.4) is 0 Å². The van der Waals surface area contributed by atoms with Gasteiger partial charge in [0.2, 0.25) is 5.91 Å². The maximum Gasteiger partial charge on any atom is 0.222 e. The fourth-order valence-corrected chi connectivity index (χ4v) is 2.66. The first-order valence-electron chi connectivity index (χ1n) is 7.89. The lowest BCUT2D eigenvalue weighted by molar-refractivity contribution is -0.137. The molecule has 0 aliphatic rings. The molecule has 4 nitrogen and oxygen atoms in total. The van der Waals surface area contributed by atoms with Gasteiger partial charge in [-0.25, -0.2) is 0 Å². The molecule has 0 spiro atoms. The maximum absolute atomic E-state index is 12.1. The number of ketones is 1. The van der Waals surface area contributed by atoms with E-state index < -0.39 is 6.04 Å². The van der Waals surface area contributed by atoms with Crippen LogP contribution in [0.2, 0.25) is 0 Å². The highest BCUT2D eigenvalue weighted by Gasteiger charge is 2.25. The smallest absolute Gasteiger partial charge is 0.222 e. The lowest BCUT2D eigenvalue weighted by Crippen LogP contribution is -2.34. The lowest BCUT2D eigenvalue weighted by atomic mass is 9.97. The Labute approximate surface area is 133 Å². The van der Waals surface area contributed by atoms with E-state index in [0.717, 1.165) is 36.1 Å². The number of Topliss-reactive ketones (excluding diaryl/α,β-unsaturated/α-hetero) is 1. The number of likely N-dealkylation sites (N-methyl/N-ethyl adjacent to an activating group) is 1. The molecule has 1 atom stereocenters. The van der Waals surface area contributed by atoms with Crippen molar-refractivity contribution in [3.05, 3.63) is 29.3 Å². The van der Waals surface area contributed by atoms with Gasteiger partial charge in [0.1, 0.15) is 11.8 Å². The van der Waals surface area contributed by atoms with Gasteiger partial charge in [0, 0.05) is 13.5 Å². The highest BCUT2D eigenvalue weighted by molar-refractivity contribution is 5.88. The number of carbonyl (C=O) groups is 2. The minimum atomic E-state index is -0.529. The Kier molecular flexibility index (Phi) is 7.09. The fraction of sp³-hybridized carbons (Fsp3) is 0.556. The number of unbranched alkanes of at least 4 members (excludes halogenated alkanes) is 1. The summed E-state index contributed by atoms with van der Waals surface area (Å²) >= 11 is 0. The summed E-state index contributed by atoms with van der Waals surface area (Å²) in [6, 6.07) is 5.24. The maximum atomic E-state index is 12.1. The van der Waals surface area contributed by atoms with Gasteiger partial charge in [0.25, 0.3) is 0 Å². The number of nitrogens with zero attached hydrogens (tertiary/aromatic N) is 1. The van der Waals surface area contributed by atoms with Gasteiger partial charge in [-0.2, -0.15) is 0 Å². The summed E-state index contributed by atoms with van der Waals surface area (Å²) in [6.45, 7) is 5.47. The standard InChI is InChI=1S/C18H27NO3/c1-6-8-9-14-12-15(10-11-16(14)22-5)18(13(3)20)19(4)17(21)7-2/h10-12,18H,6-9H2,1-5H3/t18-/m1/s1. The van der Waals surface area contributed by atoms with Crippen LogP contribution in [0.5, 0.6) is 5.75 Å². The summed E-state index contributed by atoms with van der Waals surface area (Å²) in [4.78, 5) is 25.6. The van der Waals surface area contributed by atoms with E-state index in [1.807, 2.05) is 18.2 Å². The normalized spacial score (nSPS) is 11.9. The van der Waals surface area contributed by atoms with E-state index >= 15 is 0 Å². The molecule has 0 N–H and O–H groups in total. The van der Waals surface area contributed by atoms with Crippen molar-refractivity contribution in [1.29, 1.82) is 0 Å². The Morgan fingerprint density at radius 3 is 2.45 bits per heavy atom. The monoisotopic (exact) mass is 305 g/mol. The van der Waals surface area contributed by atoms with Gasteiger partial charge in [0.15, 0.2) is 5.78 Å². The zero-order valence-electron chi connectivity index (χ0n) is 14.3. The molecule has 1 aromatic carbocycles. The summed E-state index contributed by atoms with van der Waals surface area (Å²) in [5, 5.41) is 0. The largest absolute Gasteiger partial charge is 0.496 e. The molecule has 122 valence electrons. The highest BCUT2D eigenvalue weighted by Crippen LogP contribution is 2.28. The molecule has 0 aromatic heterocycles. The molecule has 1 amide bonds. The van der Waals surface area contributed by atoms with Gasteiger partial charge >= 0.3 is 0 Å². The second-order valence-electron chi connectivity index (χ2n) is 5.55. The van der Waals surface area contributed by atoms with Crippen molar-refractivity contribution in [3.63, 3.8) is 0 Å². The van der Waals surface area contributed by atoms with E-state index in [2.05, 4.69) is 6.92 Å². The van der Waals surface area contributed by atoms with Gasteiger partial charge in [-0.3, -0.25) is 9.59 Å². The van der Waals surface area contributed by atoms with Crippen LogP contribution in [0.1, 0.15) is 57.2 Å². The molecule has 0 heterocycles. The van der Waals surface area contributed by atoms with E-state index in [1.54, 1.807) is 21.1 Å².